The first kappa shape index (κ1) is 46.9. The number of carbonyl (C=O) groups is 6. The second kappa shape index (κ2) is 22.5. The van der Waals surface area contributed by atoms with Gasteiger partial charge < -0.3 is 45.9 Å². The van der Waals surface area contributed by atoms with Crippen LogP contribution < -0.4 is 26.6 Å². The smallest absolute Gasteiger partial charge is 0.407 e. The highest BCUT2D eigenvalue weighted by Crippen LogP contribution is 2.37. The predicted molar refractivity (Wildman–Crippen MR) is 227 cm³/mol. The van der Waals surface area contributed by atoms with E-state index in [0.29, 0.717) is 31.1 Å². The number of esters is 1. The van der Waals surface area contributed by atoms with Crippen molar-refractivity contribution in [2.24, 2.45) is 5.92 Å². The van der Waals surface area contributed by atoms with Gasteiger partial charge in [0.1, 0.15) is 5.60 Å². The van der Waals surface area contributed by atoms with Gasteiger partial charge in [0.25, 0.3) is 23.6 Å². The highest BCUT2D eigenvalue weighted by atomic mass is 32.2. The Kier molecular flexibility index (Phi) is 18.2. The normalized spacial score (nSPS) is 11.2. The van der Waals surface area contributed by atoms with E-state index >= 15 is 0 Å². The molecule has 0 aliphatic heterocycles. The van der Waals surface area contributed by atoms with Crippen molar-refractivity contribution in [3.05, 3.63) is 88.5 Å². The largest absolute Gasteiger partial charge is 0.462 e. The zero-order valence-corrected chi connectivity index (χ0v) is 35.7. The Labute approximate surface area is 345 Å². The summed E-state index contributed by atoms with van der Waals surface area (Å²) in [6, 6.07) is 15.3. The molecule has 0 aromatic heterocycles. The molecule has 0 atom stereocenters. The fourth-order valence-electron chi connectivity index (χ4n) is 5.02. The van der Waals surface area contributed by atoms with Crippen LogP contribution in [0.5, 0.6) is 0 Å². The van der Waals surface area contributed by atoms with Gasteiger partial charge in [0.15, 0.2) is 0 Å². The number of thioether (sulfide) groups is 1. The highest BCUT2D eigenvalue weighted by molar-refractivity contribution is 7.99. The molecule has 0 fully saturated rings. The van der Waals surface area contributed by atoms with Crippen molar-refractivity contribution in [2.75, 3.05) is 83.9 Å². The van der Waals surface area contributed by atoms with Crippen molar-refractivity contribution < 1.29 is 38.2 Å². The lowest BCUT2D eigenvalue weighted by molar-refractivity contribution is 0.0457. The molecule has 3 aromatic rings. The van der Waals surface area contributed by atoms with E-state index in [1.165, 1.54) is 36.0 Å². The Morgan fingerprint density at radius 2 is 1.09 bits per heavy atom. The molecule has 5 amide bonds. The Hall–Kier alpha value is -5.45. The maximum absolute atomic E-state index is 13.9. The first-order valence-corrected chi connectivity index (χ1v) is 19.9. The number of anilines is 2. The van der Waals surface area contributed by atoms with Gasteiger partial charge in [0.2, 0.25) is 0 Å². The number of amides is 5. The molecular formula is C42H57N7O8S. The lowest BCUT2D eigenvalue weighted by Gasteiger charge is -2.20. The molecule has 314 valence electrons. The fourth-order valence-corrected chi connectivity index (χ4v) is 5.96. The standard InChI is InChI=1S/C42H57N7O8S/c1-27(2)26-56-40(54)32-24-33(46-38(52)30-14-10-12-28(22-30)36(50)43-16-19-48(6)7)35(58-21-18-45-41(55)57-42(3,4)5)34(25-32)47-39(53)31-15-11-13-29(23-31)37(51)44-17-20-49(8)9/h10-15,22-25,27H,16-21,26H2,1-9H3,(H,43,50)(H,44,51)(H,45,55)(H,46,52)(H,47,53). The van der Waals surface area contributed by atoms with E-state index in [1.807, 2.05) is 51.8 Å². The summed E-state index contributed by atoms with van der Waals surface area (Å²) in [7, 11) is 7.57. The van der Waals surface area contributed by atoms with Crippen LogP contribution in [-0.2, 0) is 9.47 Å². The topological polar surface area (TPSA) is 188 Å². The van der Waals surface area contributed by atoms with Crippen molar-refractivity contribution in [3.8, 4) is 0 Å². The van der Waals surface area contributed by atoms with Crippen molar-refractivity contribution in [1.29, 1.82) is 0 Å². The third kappa shape index (κ3) is 16.2. The van der Waals surface area contributed by atoms with E-state index < -0.39 is 29.5 Å². The van der Waals surface area contributed by atoms with Gasteiger partial charge in [-0.15, -0.1) is 11.8 Å². The maximum atomic E-state index is 13.9. The summed E-state index contributed by atoms with van der Waals surface area (Å²) in [6.45, 7) is 11.4. The lowest BCUT2D eigenvalue weighted by atomic mass is 10.1. The van der Waals surface area contributed by atoms with Gasteiger partial charge in [-0.3, -0.25) is 19.2 Å². The summed E-state index contributed by atoms with van der Waals surface area (Å²) in [5.41, 5.74) is 0.561. The Morgan fingerprint density at radius 1 is 0.638 bits per heavy atom. The van der Waals surface area contributed by atoms with Crippen LogP contribution in [0.3, 0.4) is 0 Å². The molecule has 0 heterocycles. The number of hydrogen-bond donors (Lipinski definition) is 5. The third-order valence-corrected chi connectivity index (χ3v) is 8.99. The molecule has 0 radical (unpaired) electrons. The number of hydrogen-bond acceptors (Lipinski definition) is 11. The zero-order chi connectivity index (χ0) is 43.0. The van der Waals surface area contributed by atoms with E-state index in [-0.39, 0.29) is 75.8 Å². The van der Waals surface area contributed by atoms with E-state index in [9.17, 15) is 28.8 Å². The fraction of sp³-hybridized carbons (Fsp3) is 0.429. The first-order valence-electron chi connectivity index (χ1n) is 19.0. The van der Waals surface area contributed by atoms with Crippen LogP contribution in [0.2, 0.25) is 0 Å². The number of likely N-dealkylation sites (N-methyl/N-ethyl adjacent to an activating group) is 2. The van der Waals surface area contributed by atoms with Gasteiger partial charge in [0, 0.05) is 60.7 Å². The molecule has 0 aliphatic carbocycles. The van der Waals surface area contributed by atoms with Crippen LogP contribution in [0.25, 0.3) is 0 Å². The first-order chi connectivity index (χ1) is 27.3. The molecule has 15 nitrogen and oxygen atoms in total. The van der Waals surface area contributed by atoms with E-state index in [0.717, 1.165) is 0 Å². The van der Waals surface area contributed by atoms with Crippen molar-refractivity contribution in [1.82, 2.24) is 25.8 Å². The van der Waals surface area contributed by atoms with Crippen LogP contribution in [0, 0.1) is 5.92 Å². The maximum Gasteiger partial charge on any atom is 0.407 e. The summed E-state index contributed by atoms with van der Waals surface area (Å²) < 4.78 is 10.9. The molecule has 0 saturated carbocycles. The summed E-state index contributed by atoms with van der Waals surface area (Å²) in [4.78, 5) is 83.6. The molecule has 3 aromatic carbocycles. The van der Waals surface area contributed by atoms with Crippen LogP contribution in [0.15, 0.2) is 65.6 Å². The Bertz CT molecular complexity index is 1820. The number of ether oxygens (including phenoxy) is 2. The van der Waals surface area contributed by atoms with Gasteiger partial charge in [-0.05, 0) is 103 Å². The molecule has 0 spiro atoms. The second-order valence-corrected chi connectivity index (χ2v) is 16.5. The van der Waals surface area contributed by atoms with E-state index in [2.05, 4.69) is 26.6 Å². The summed E-state index contributed by atoms with van der Waals surface area (Å²) in [5.74, 6) is -2.26. The minimum absolute atomic E-state index is 0.0364. The average Bonchev–Trinajstić information content (AvgIpc) is 3.15. The summed E-state index contributed by atoms with van der Waals surface area (Å²) >= 11 is 1.20. The van der Waals surface area contributed by atoms with Crippen LogP contribution in [0.4, 0.5) is 16.2 Å². The molecule has 5 N–H and O–H groups in total. The van der Waals surface area contributed by atoms with Gasteiger partial charge >= 0.3 is 12.1 Å². The predicted octanol–water partition coefficient (Wildman–Crippen LogP) is 5.20. The van der Waals surface area contributed by atoms with Crippen LogP contribution >= 0.6 is 11.8 Å². The molecule has 0 saturated heterocycles. The number of alkyl carbamates (subject to hydrolysis) is 1. The van der Waals surface area contributed by atoms with Crippen molar-refractivity contribution >= 4 is 58.8 Å². The number of carbonyl (C=O) groups excluding carboxylic acids is 6. The van der Waals surface area contributed by atoms with E-state index in [1.54, 1.807) is 57.2 Å². The molecule has 3 rings (SSSR count). The molecule has 0 bridgehead atoms. The average molecular weight is 820 g/mol. The molecule has 0 unspecified atom stereocenters. The highest BCUT2D eigenvalue weighted by Gasteiger charge is 2.22. The van der Waals surface area contributed by atoms with Crippen LogP contribution in [0.1, 0.15) is 86.4 Å². The minimum atomic E-state index is -0.708. The van der Waals surface area contributed by atoms with Gasteiger partial charge in [-0.2, -0.15) is 0 Å². The quantitative estimate of drug-likeness (QED) is 0.0608. The van der Waals surface area contributed by atoms with Crippen molar-refractivity contribution in [2.45, 2.75) is 45.1 Å². The van der Waals surface area contributed by atoms with Crippen LogP contribution in [-0.4, -0.2) is 124 Å². The molecule has 0 aliphatic rings. The number of benzene rings is 3. The summed E-state index contributed by atoms with van der Waals surface area (Å²) in [6.07, 6.45) is -0.616. The SMILES string of the molecule is CC(C)COC(=O)c1cc(NC(=O)c2cccc(C(=O)NCCN(C)C)c2)c(SCCNC(=O)OC(C)(C)C)c(NC(=O)c2cccc(C(=O)NCCN(C)C)c2)c1. The molecular weight excluding hydrogens is 763 g/mol. The van der Waals surface area contributed by atoms with E-state index in [4.69, 9.17) is 9.47 Å². The number of rotatable bonds is 19. The Balaban J connectivity index is 2.04. The second-order valence-electron chi connectivity index (χ2n) is 15.4. The monoisotopic (exact) mass is 819 g/mol. The lowest BCUT2D eigenvalue weighted by Crippen LogP contribution is -2.33. The van der Waals surface area contributed by atoms with Gasteiger partial charge in [0.05, 0.1) is 28.4 Å². The minimum Gasteiger partial charge on any atom is -0.462 e. The molecule has 58 heavy (non-hydrogen) atoms. The summed E-state index contributed by atoms with van der Waals surface area (Å²) in [5, 5.41) is 14.1. The third-order valence-electron chi connectivity index (χ3n) is 7.85. The van der Waals surface area contributed by atoms with Crippen molar-refractivity contribution in [3.63, 3.8) is 0 Å². The Morgan fingerprint density at radius 3 is 1.50 bits per heavy atom. The zero-order valence-electron chi connectivity index (χ0n) is 34.9. The molecule has 16 heteroatoms. The van der Waals surface area contributed by atoms with Gasteiger partial charge in [-0.25, -0.2) is 9.59 Å². The number of nitrogens with zero attached hydrogens (tertiary/aromatic N) is 2. The number of nitrogens with one attached hydrogen (secondary N) is 5. The van der Waals surface area contributed by atoms with Gasteiger partial charge in [-0.1, -0.05) is 26.0 Å².